The minimum Gasteiger partial charge on any atom is -0.496 e. The molecule has 1 N–H and O–H groups in total. The van der Waals surface area contributed by atoms with Gasteiger partial charge in [0.25, 0.3) is 0 Å². The Morgan fingerprint density at radius 1 is 1.07 bits per heavy atom. The summed E-state index contributed by atoms with van der Waals surface area (Å²) in [6, 6.07) is 13.8. The van der Waals surface area contributed by atoms with Crippen molar-refractivity contribution in [1.29, 1.82) is 0 Å². The molecule has 152 valence electrons. The zero-order valence-corrected chi connectivity index (χ0v) is 17.6. The number of hydrogen-bond acceptors (Lipinski definition) is 4. The van der Waals surface area contributed by atoms with E-state index < -0.39 is 10.0 Å². The summed E-state index contributed by atoms with van der Waals surface area (Å²) < 4.78 is 31.8. The summed E-state index contributed by atoms with van der Waals surface area (Å²) in [4.78, 5) is 12.6. The van der Waals surface area contributed by atoms with E-state index in [4.69, 9.17) is 4.74 Å². The minimum absolute atomic E-state index is 0.128. The quantitative estimate of drug-likeness (QED) is 0.697. The number of sulfonamides is 1. The standard InChI is InChI=1S/C21H28N2O4S/c1-5-23(6-2)28(25,26)19-13-11-17(12-14-19)16(3)22-21(24)15-18-9-7-8-10-20(18)27-4/h7-14,16H,5-6,15H2,1-4H3,(H,22,24). The molecule has 0 heterocycles. The van der Waals surface area contributed by atoms with Gasteiger partial charge in [-0.15, -0.1) is 0 Å². The molecule has 0 saturated carbocycles. The summed E-state index contributed by atoms with van der Waals surface area (Å²) >= 11 is 0. The van der Waals surface area contributed by atoms with Crippen LogP contribution in [0.25, 0.3) is 0 Å². The lowest BCUT2D eigenvalue weighted by atomic mass is 10.1. The Balaban J connectivity index is 2.06. The van der Waals surface area contributed by atoms with Gasteiger partial charge in [-0.1, -0.05) is 44.2 Å². The average molecular weight is 405 g/mol. The lowest BCUT2D eigenvalue weighted by Gasteiger charge is -2.19. The molecule has 0 bridgehead atoms. The van der Waals surface area contributed by atoms with E-state index in [-0.39, 0.29) is 23.3 Å². The maximum atomic E-state index is 12.6. The molecule has 0 aliphatic rings. The number of rotatable bonds is 9. The van der Waals surface area contributed by atoms with Crippen molar-refractivity contribution in [2.75, 3.05) is 20.2 Å². The highest BCUT2D eigenvalue weighted by atomic mass is 32.2. The number of benzene rings is 2. The monoisotopic (exact) mass is 404 g/mol. The van der Waals surface area contributed by atoms with E-state index in [2.05, 4.69) is 5.32 Å². The second kappa shape index (κ2) is 9.71. The van der Waals surface area contributed by atoms with Crippen LogP contribution in [0.4, 0.5) is 0 Å². The smallest absolute Gasteiger partial charge is 0.243 e. The molecule has 28 heavy (non-hydrogen) atoms. The number of ether oxygens (including phenoxy) is 1. The molecule has 0 aliphatic heterocycles. The molecule has 1 amide bonds. The Bertz CT molecular complexity index is 891. The molecule has 2 rings (SSSR count). The number of hydrogen-bond donors (Lipinski definition) is 1. The fraction of sp³-hybridized carbons (Fsp3) is 0.381. The first-order chi connectivity index (χ1) is 13.3. The largest absolute Gasteiger partial charge is 0.496 e. The second-order valence-corrected chi connectivity index (χ2v) is 8.37. The Morgan fingerprint density at radius 2 is 1.68 bits per heavy atom. The second-order valence-electron chi connectivity index (χ2n) is 6.44. The van der Waals surface area contributed by atoms with Crippen molar-refractivity contribution >= 4 is 15.9 Å². The maximum Gasteiger partial charge on any atom is 0.243 e. The molecule has 1 unspecified atom stereocenters. The van der Waals surface area contributed by atoms with E-state index in [0.717, 1.165) is 11.1 Å². The molecule has 7 heteroatoms. The Morgan fingerprint density at radius 3 is 2.25 bits per heavy atom. The predicted octanol–water partition coefficient (Wildman–Crippen LogP) is 3.15. The molecule has 2 aromatic rings. The third-order valence-electron chi connectivity index (χ3n) is 4.64. The summed E-state index contributed by atoms with van der Waals surface area (Å²) in [5.41, 5.74) is 1.65. The van der Waals surface area contributed by atoms with Gasteiger partial charge < -0.3 is 10.1 Å². The molecule has 0 aromatic heterocycles. The highest BCUT2D eigenvalue weighted by Gasteiger charge is 2.21. The van der Waals surface area contributed by atoms with E-state index in [1.54, 1.807) is 31.4 Å². The minimum atomic E-state index is -3.48. The average Bonchev–Trinajstić information content (AvgIpc) is 2.69. The number of carbonyl (C=O) groups excluding carboxylic acids is 1. The van der Waals surface area contributed by atoms with Crippen molar-refractivity contribution < 1.29 is 17.9 Å². The number of para-hydroxylation sites is 1. The van der Waals surface area contributed by atoms with Gasteiger partial charge in [0.15, 0.2) is 0 Å². The van der Waals surface area contributed by atoms with Gasteiger partial charge >= 0.3 is 0 Å². The first-order valence-corrected chi connectivity index (χ1v) is 10.8. The van der Waals surface area contributed by atoms with Crippen LogP contribution in [0.2, 0.25) is 0 Å². The molecular formula is C21H28N2O4S. The van der Waals surface area contributed by atoms with Crippen molar-refractivity contribution in [2.45, 2.75) is 38.1 Å². The van der Waals surface area contributed by atoms with Crippen molar-refractivity contribution in [2.24, 2.45) is 0 Å². The molecular weight excluding hydrogens is 376 g/mol. The molecule has 0 fully saturated rings. The summed E-state index contributed by atoms with van der Waals surface area (Å²) in [7, 11) is -1.91. The molecule has 1 atom stereocenters. The molecule has 0 saturated heterocycles. The molecule has 0 radical (unpaired) electrons. The van der Waals surface area contributed by atoms with E-state index in [1.165, 1.54) is 4.31 Å². The predicted molar refractivity (Wildman–Crippen MR) is 110 cm³/mol. The number of carbonyl (C=O) groups is 1. The van der Waals surface area contributed by atoms with E-state index >= 15 is 0 Å². The summed E-state index contributed by atoms with van der Waals surface area (Å²) in [6.07, 6.45) is 0.211. The van der Waals surface area contributed by atoms with Gasteiger partial charge in [-0.2, -0.15) is 4.31 Å². The number of methoxy groups -OCH3 is 1. The highest BCUT2D eigenvalue weighted by Crippen LogP contribution is 2.21. The van der Waals surface area contributed by atoms with Crippen molar-refractivity contribution in [3.05, 3.63) is 59.7 Å². The lowest BCUT2D eigenvalue weighted by Crippen LogP contribution is -2.30. The van der Waals surface area contributed by atoms with E-state index in [1.807, 2.05) is 45.0 Å². The Labute approximate surface area is 167 Å². The Kier molecular flexibility index (Phi) is 7.60. The lowest BCUT2D eigenvalue weighted by molar-refractivity contribution is -0.121. The molecule has 0 spiro atoms. The van der Waals surface area contributed by atoms with Gasteiger partial charge in [0.2, 0.25) is 15.9 Å². The van der Waals surface area contributed by atoms with Crippen LogP contribution in [-0.4, -0.2) is 38.8 Å². The van der Waals surface area contributed by atoms with E-state index in [0.29, 0.717) is 18.8 Å². The van der Waals surface area contributed by atoms with Crippen molar-refractivity contribution in [3.8, 4) is 5.75 Å². The zero-order chi connectivity index (χ0) is 20.7. The van der Waals surface area contributed by atoms with Crippen LogP contribution in [0.15, 0.2) is 53.4 Å². The first kappa shape index (κ1) is 21.9. The van der Waals surface area contributed by atoms with Crippen LogP contribution in [0.5, 0.6) is 5.75 Å². The first-order valence-electron chi connectivity index (χ1n) is 9.34. The number of nitrogens with zero attached hydrogens (tertiary/aromatic N) is 1. The molecule has 2 aromatic carbocycles. The zero-order valence-electron chi connectivity index (χ0n) is 16.8. The molecule has 6 nitrogen and oxygen atoms in total. The van der Waals surface area contributed by atoms with Gasteiger partial charge in [0, 0.05) is 18.7 Å². The van der Waals surface area contributed by atoms with Gasteiger partial charge in [-0.3, -0.25) is 4.79 Å². The number of nitrogens with one attached hydrogen (secondary N) is 1. The summed E-state index contributed by atoms with van der Waals surface area (Å²) in [5.74, 6) is 0.549. The number of amides is 1. The third-order valence-corrected chi connectivity index (χ3v) is 6.71. The van der Waals surface area contributed by atoms with Crippen LogP contribution in [-0.2, 0) is 21.2 Å². The van der Waals surface area contributed by atoms with Gasteiger partial charge in [-0.25, -0.2) is 8.42 Å². The van der Waals surface area contributed by atoms with Gasteiger partial charge in [-0.05, 0) is 30.7 Å². The fourth-order valence-electron chi connectivity index (χ4n) is 3.04. The third kappa shape index (κ3) is 5.11. The highest BCUT2D eigenvalue weighted by molar-refractivity contribution is 7.89. The topological polar surface area (TPSA) is 75.7 Å². The van der Waals surface area contributed by atoms with Crippen molar-refractivity contribution in [3.63, 3.8) is 0 Å². The summed E-state index contributed by atoms with van der Waals surface area (Å²) in [6.45, 7) is 6.35. The summed E-state index contributed by atoms with van der Waals surface area (Å²) in [5, 5.41) is 2.94. The maximum absolute atomic E-state index is 12.6. The normalized spacial score (nSPS) is 12.6. The van der Waals surface area contributed by atoms with Crippen LogP contribution in [0.1, 0.15) is 37.9 Å². The van der Waals surface area contributed by atoms with Gasteiger partial charge in [0.1, 0.15) is 5.75 Å². The van der Waals surface area contributed by atoms with Crippen LogP contribution >= 0.6 is 0 Å². The fourth-order valence-corrected chi connectivity index (χ4v) is 4.50. The van der Waals surface area contributed by atoms with Crippen LogP contribution in [0, 0.1) is 0 Å². The van der Waals surface area contributed by atoms with Crippen molar-refractivity contribution in [1.82, 2.24) is 9.62 Å². The van der Waals surface area contributed by atoms with Crippen LogP contribution < -0.4 is 10.1 Å². The van der Waals surface area contributed by atoms with E-state index in [9.17, 15) is 13.2 Å². The SMILES string of the molecule is CCN(CC)S(=O)(=O)c1ccc(C(C)NC(=O)Cc2ccccc2OC)cc1. The Hall–Kier alpha value is -2.38. The van der Waals surface area contributed by atoms with Gasteiger partial charge in [0.05, 0.1) is 24.5 Å². The molecule has 0 aliphatic carbocycles. The van der Waals surface area contributed by atoms with Crippen LogP contribution in [0.3, 0.4) is 0 Å².